The number of alkyl halides is 3. The van der Waals surface area contributed by atoms with E-state index in [1.165, 1.54) is 6.07 Å². The Morgan fingerprint density at radius 2 is 2.08 bits per heavy atom. The minimum absolute atomic E-state index is 0.147. The van der Waals surface area contributed by atoms with Gasteiger partial charge in [0.15, 0.2) is 0 Å². The van der Waals surface area contributed by atoms with Crippen LogP contribution in [-0.4, -0.2) is 11.6 Å². The molecule has 1 aliphatic rings. The van der Waals surface area contributed by atoms with E-state index < -0.39 is 11.7 Å². The third-order valence-electron chi connectivity index (χ3n) is 3.52. The average molecular weight is 363 g/mol. The summed E-state index contributed by atoms with van der Waals surface area (Å²) in [5.41, 5.74) is 0.898. The van der Waals surface area contributed by atoms with Crippen LogP contribution in [0.2, 0.25) is 5.02 Å². The standard InChI is InChI=1S/C18H10ClF3N2O/c19-15-2-4-17-12(7-15)5-11(10-25-17)6-13(8-23)16-3-1-14(9-24-16)18(20,21)22/h1-7,9H,10H2. The molecular weight excluding hydrogens is 353 g/mol. The van der Waals surface area contributed by atoms with Crippen LogP contribution in [0.5, 0.6) is 5.75 Å². The number of nitrogens with zero attached hydrogens (tertiary/aromatic N) is 2. The van der Waals surface area contributed by atoms with Crippen LogP contribution in [-0.2, 0) is 6.18 Å². The summed E-state index contributed by atoms with van der Waals surface area (Å²) in [4.78, 5) is 3.74. The summed E-state index contributed by atoms with van der Waals surface area (Å²) in [6.07, 6.45) is -0.405. The minimum atomic E-state index is -4.47. The van der Waals surface area contributed by atoms with E-state index in [2.05, 4.69) is 4.98 Å². The number of pyridine rings is 1. The summed E-state index contributed by atoms with van der Waals surface area (Å²) < 4.78 is 43.4. The molecule has 7 heteroatoms. The Bertz CT molecular complexity index is 909. The van der Waals surface area contributed by atoms with Crippen molar-refractivity contribution in [2.24, 2.45) is 0 Å². The second-order valence-corrected chi connectivity index (χ2v) is 5.73. The fraction of sp³-hybridized carbons (Fsp3) is 0.111. The molecule has 0 atom stereocenters. The zero-order valence-corrected chi connectivity index (χ0v) is 13.4. The second kappa shape index (κ2) is 6.61. The van der Waals surface area contributed by atoms with E-state index in [-0.39, 0.29) is 17.9 Å². The molecule has 0 spiro atoms. The van der Waals surface area contributed by atoms with Gasteiger partial charge in [0.25, 0.3) is 0 Å². The summed E-state index contributed by atoms with van der Waals surface area (Å²) in [6.45, 7) is 0.237. The smallest absolute Gasteiger partial charge is 0.417 e. The molecule has 0 bridgehead atoms. The quantitative estimate of drug-likeness (QED) is 0.695. The largest absolute Gasteiger partial charge is 0.488 e. The van der Waals surface area contributed by atoms with E-state index in [0.29, 0.717) is 22.5 Å². The maximum atomic E-state index is 12.6. The summed E-state index contributed by atoms with van der Waals surface area (Å²) in [5, 5.41) is 9.86. The van der Waals surface area contributed by atoms with Crippen LogP contribution in [0.15, 0.2) is 48.2 Å². The maximum absolute atomic E-state index is 12.6. The molecule has 0 fully saturated rings. The van der Waals surface area contributed by atoms with Crippen LogP contribution in [0, 0.1) is 11.3 Å². The van der Waals surface area contributed by atoms with Crippen molar-refractivity contribution >= 4 is 23.3 Å². The van der Waals surface area contributed by atoms with Gasteiger partial charge < -0.3 is 4.74 Å². The predicted octanol–water partition coefficient (Wildman–Crippen LogP) is 5.14. The number of fused-ring (bicyclic) bond motifs is 1. The van der Waals surface area contributed by atoms with Crippen molar-refractivity contribution in [1.29, 1.82) is 5.26 Å². The van der Waals surface area contributed by atoms with E-state index in [4.69, 9.17) is 16.3 Å². The molecule has 0 amide bonds. The number of rotatable bonds is 2. The molecule has 126 valence electrons. The van der Waals surface area contributed by atoms with Gasteiger partial charge in [0.05, 0.1) is 16.8 Å². The van der Waals surface area contributed by atoms with Gasteiger partial charge >= 0.3 is 6.18 Å². The normalized spacial score (nSPS) is 14.2. The van der Waals surface area contributed by atoms with Crippen molar-refractivity contribution in [2.45, 2.75) is 6.18 Å². The SMILES string of the molecule is N#CC(=CC1=Cc2cc(Cl)ccc2OC1)c1ccc(C(F)(F)F)cn1. The van der Waals surface area contributed by atoms with Gasteiger partial charge in [0.1, 0.15) is 18.4 Å². The van der Waals surface area contributed by atoms with Gasteiger partial charge in [-0.2, -0.15) is 18.4 Å². The number of halogens is 4. The Labute approximate surface area is 146 Å². The van der Waals surface area contributed by atoms with Crippen LogP contribution in [0.4, 0.5) is 13.2 Å². The zero-order chi connectivity index (χ0) is 18.0. The van der Waals surface area contributed by atoms with E-state index in [1.807, 2.05) is 12.1 Å². The highest BCUT2D eigenvalue weighted by Gasteiger charge is 2.30. The number of ether oxygens (including phenoxy) is 1. The molecule has 0 aliphatic carbocycles. The first-order valence-corrected chi connectivity index (χ1v) is 7.53. The molecule has 1 aliphatic heterocycles. The highest BCUT2D eigenvalue weighted by atomic mass is 35.5. The molecular formula is C18H10ClF3N2O. The monoisotopic (exact) mass is 362 g/mol. The van der Waals surface area contributed by atoms with Gasteiger partial charge in [-0.25, -0.2) is 0 Å². The van der Waals surface area contributed by atoms with Crippen LogP contribution in [0.3, 0.4) is 0 Å². The highest BCUT2D eigenvalue weighted by molar-refractivity contribution is 6.30. The van der Waals surface area contributed by atoms with Gasteiger partial charge in [0.2, 0.25) is 0 Å². The lowest BCUT2D eigenvalue weighted by Gasteiger charge is -2.16. The number of allylic oxidation sites excluding steroid dienone is 1. The van der Waals surface area contributed by atoms with Crippen LogP contribution < -0.4 is 4.74 Å². The van der Waals surface area contributed by atoms with Crippen molar-refractivity contribution in [3.63, 3.8) is 0 Å². The maximum Gasteiger partial charge on any atom is 0.417 e. The topological polar surface area (TPSA) is 45.9 Å². The molecule has 1 aromatic heterocycles. The fourth-order valence-electron chi connectivity index (χ4n) is 2.32. The first-order valence-electron chi connectivity index (χ1n) is 7.15. The number of hydrogen-bond acceptors (Lipinski definition) is 3. The van der Waals surface area contributed by atoms with Crippen molar-refractivity contribution in [2.75, 3.05) is 6.61 Å². The Hall–Kier alpha value is -2.78. The first-order chi connectivity index (χ1) is 11.9. The van der Waals surface area contributed by atoms with Crippen molar-refractivity contribution in [1.82, 2.24) is 4.98 Å². The highest BCUT2D eigenvalue weighted by Crippen LogP contribution is 2.31. The van der Waals surface area contributed by atoms with Crippen LogP contribution in [0.1, 0.15) is 16.8 Å². The Morgan fingerprint density at radius 3 is 2.72 bits per heavy atom. The molecule has 1 aromatic carbocycles. The molecule has 0 saturated carbocycles. The molecule has 3 rings (SSSR count). The Balaban J connectivity index is 1.92. The molecule has 0 radical (unpaired) electrons. The van der Waals surface area contributed by atoms with Gasteiger partial charge in [0, 0.05) is 16.8 Å². The molecule has 2 aromatic rings. The molecule has 2 heterocycles. The van der Waals surface area contributed by atoms with Gasteiger partial charge in [-0.3, -0.25) is 4.98 Å². The Kier molecular flexibility index (Phi) is 4.51. The van der Waals surface area contributed by atoms with Gasteiger partial charge in [-0.1, -0.05) is 11.6 Å². The molecule has 0 unspecified atom stereocenters. The van der Waals surface area contributed by atoms with E-state index in [0.717, 1.165) is 11.6 Å². The third kappa shape index (κ3) is 3.83. The summed E-state index contributed by atoms with van der Waals surface area (Å²) in [6, 6.07) is 9.21. The summed E-state index contributed by atoms with van der Waals surface area (Å²) >= 11 is 5.95. The van der Waals surface area contributed by atoms with E-state index >= 15 is 0 Å². The van der Waals surface area contributed by atoms with Crippen molar-refractivity contribution < 1.29 is 17.9 Å². The lowest BCUT2D eigenvalue weighted by Crippen LogP contribution is -2.07. The molecule has 0 N–H and O–H groups in total. The van der Waals surface area contributed by atoms with Gasteiger partial charge in [-0.05, 0) is 48.1 Å². The summed E-state index contributed by atoms with van der Waals surface area (Å²) in [7, 11) is 0. The molecule has 3 nitrogen and oxygen atoms in total. The van der Waals surface area contributed by atoms with Crippen LogP contribution in [0.25, 0.3) is 11.6 Å². The third-order valence-corrected chi connectivity index (χ3v) is 3.76. The first kappa shape index (κ1) is 17.1. The van der Waals surface area contributed by atoms with E-state index in [9.17, 15) is 18.4 Å². The summed E-state index contributed by atoms with van der Waals surface area (Å²) in [5.74, 6) is 0.674. The average Bonchev–Trinajstić information content (AvgIpc) is 2.58. The number of nitriles is 1. The van der Waals surface area contributed by atoms with Gasteiger partial charge in [-0.15, -0.1) is 0 Å². The predicted molar refractivity (Wildman–Crippen MR) is 87.8 cm³/mol. The van der Waals surface area contributed by atoms with Crippen molar-refractivity contribution in [3.8, 4) is 11.8 Å². The van der Waals surface area contributed by atoms with E-state index in [1.54, 1.807) is 24.3 Å². The molecule has 0 saturated heterocycles. The number of benzene rings is 1. The number of aromatic nitrogens is 1. The molecule has 25 heavy (non-hydrogen) atoms. The fourth-order valence-corrected chi connectivity index (χ4v) is 2.50. The lowest BCUT2D eigenvalue weighted by atomic mass is 10.0. The second-order valence-electron chi connectivity index (χ2n) is 5.29. The van der Waals surface area contributed by atoms with Crippen molar-refractivity contribution in [3.05, 3.63) is 70.0 Å². The Morgan fingerprint density at radius 1 is 1.28 bits per heavy atom. The minimum Gasteiger partial charge on any atom is -0.488 e. The lowest BCUT2D eigenvalue weighted by molar-refractivity contribution is -0.137. The number of hydrogen-bond donors (Lipinski definition) is 0. The van der Waals surface area contributed by atoms with Crippen LogP contribution >= 0.6 is 11.6 Å². The zero-order valence-electron chi connectivity index (χ0n) is 12.6.